The van der Waals surface area contributed by atoms with Gasteiger partial charge < -0.3 is 5.32 Å². The van der Waals surface area contributed by atoms with Gasteiger partial charge in [0.05, 0.1) is 5.92 Å². The molecule has 1 atom stereocenters. The van der Waals surface area contributed by atoms with Crippen molar-refractivity contribution in [2.45, 2.75) is 5.92 Å². The zero-order valence-electron chi connectivity index (χ0n) is 7.45. The van der Waals surface area contributed by atoms with Gasteiger partial charge in [0.1, 0.15) is 0 Å². The highest BCUT2D eigenvalue weighted by atomic mass is 16.1. The van der Waals surface area contributed by atoms with Gasteiger partial charge >= 0.3 is 0 Å². The zero-order chi connectivity index (χ0) is 9.26. The first-order chi connectivity index (χ1) is 6.33. The van der Waals surface area contributed by atoms with Crippen LogP contribution < -0.4 is 5.32 Å². The second-order valence-corrected chi connectivity index (χ2v) is 3.08. The Kier molecular flexibility index (Phi) is 1.89. The standard InChI is InChI=1S/C11H11NO/c1-12-11(13)10-7-6-8-4-2-3-5-9(8)10/h2-7,10H,1H3,(H,12,13). The van der Waals surface area contributed by atoms with Gasteiger partial charge in [0.15, 0.2) is 0 Å². The van der Waals surface area contributed by atoms with Crippen molar-refractivity contribution in [2.24, 2.45) is 0 Å². The third kappa shape index (κ3) is 1.24. The molecule has 1 amide bonds. The van der Waals surface area contributed by atoms with E-state index in [0.717, 1.165) is 11.1 Å². The maximum Gasteiger partial charge on any atom is 0.231 e. The van der Waals surface area contributed by atoms with E-state index in [-0.39, 0.29) is 11.8 Å². The summed E-state index contributed by atoms with van der Waals surface area (Å²) in [5.74, 6) is -0.0394. The second-order valence-electron chi connectivity index (χ2n) is 3.08. The van der Waals surface area contributed by atoms with Gasteiger partial charge in [-0.1, -0.05) is 36.4 Å². The van der Waals surface area contributed by atoms with Crippen molar-refractivity contribution >= 4 is 12.0 Å². The minimum absolute atomic E-state index is 0.0567. The Morgan fingerprint density at radius 1 is 1.38 bits per heavy atom. The molecule has 0 radical (unpaired) electrons. The number of carbonyl (C=O) groups is 1. The summed E-state index contributed by atoms with van der Waals surface area (Å²) >= 11 is 0. The molecule has 0 saturated carbocycles. The van der Waals surface area contributed by atoms with E-state index in [1.807, 2.05) is 36.4 Å². The van der Waals surface area contributed by atoms with Gasteiger partial charge in [0.2, 0.25) is 5.91 Å². The van der Waals surface area contributed by atoms with E-state index in [4.69, 9.17) is 0 Å². The molecular weight excluding hydrogens is 162 g/mol. The number of amides is 1. The molecule has 0 fully saturated rings. The molecule has 0 saturated heterocycles. The van der Waals surface area contributed by atoms with Gasteiger partial charge in [-0.25, -0.2) is 0 Å². The molecule has 2 heteroatoms. The summed E-state index contributed by atoms with van der Waals surface area (Å²) in [4.78, 5) is 11.4. The number of hydrogen-bond donors (Lipinski definition) is 1. The Morgan fingerprint density at radius 2 is 2.15 bits per heavy atom. The van der Waals surface area contributed by atoms with Crippen LogP contribution >= 0.6 is 0 Å². The zero-order valence-corrected chi connectivity index (χ0v) is 7.45. The lowest BCUT2D eigenvalue weighted by molar-refractivity contribution is -0.121. The Labute approximate surface area is 77.3 Å². The third-order valence-electron chi connectivity index (χ3n) is 2.33. The average molecular weight is 173 g/mol. The third-order valence-corrected chi connectivity index (χ3v) is 2.33. The fourth-order valence-corrected chi connectivity index (χ4v) is 1.63. The molecule has 1 aliphatic rings. The minimum atomic E-state index is -0.0961. The van der Waals surface area contributed by atoms with Crippen molar-refractivity contribution in [2.75, 3.05) is 7.05 Å². The number of nitrogens with one attached hydrogen (secondary N) is 1. The quantitative estimate of drug-likeness (QED) is 0.685. The van der Waals surface area contributed by atoms with Crippen LogP contribution in [0.4, 0.5) is 0 Å². The molecule has 1 aliphatic carbocycles. The van der Waals surface area contributed by atoms with Crippen LogP contribution in [0.15, 0.2) is 30.3 Å². The molecule has 1 unspecified atom stereocenters. The van der Waals surface area contributed by atoms with E-state index in [1.165, 1.54) is 0 Å². The molecule has 0 heterocycles. The smallest absolute Gasteiger partial charge is 0.231 e. The highest BCUT2D eigenvalue weighted by Crippen LogP contribution is 2.29. The van der Waals surface area contributed by atoms with Gasteiger partial charge in [-0.15, -0.1) is 0 Å². The molecule has 66 valence electrons. The number of likely N-dealkylation sites (N-methyl/N-ethyl adjacent to an activating group) is 1. The lowest BCUT2D eigenvalue weighted by Gasteiger charge is -2.08. The van der Waals surface area contributed by atoms with Crippen molar-refractivity contribution in [1.29, 1.82) is 0 Å². The largest absolute Gasteiger partial charge is 0.358 e. The van der Waals surface area contributed by atoms with Crippen LogP contribution in [-0.2, 0) is 4.79 Å². The summed E-state index contributed by atoms with van der Waals surface area (Å²) < 4.78 is 0. The Morgan fingerprint density at radius 3 is 2.92 bits per heavy atom. The van der Waals surface area contributed by atoms with E-state index in [2.05, 4.69) is 5.32 Å². The lowest BCUT2D eigenvalue weighted by Crippen LogP contribution is -2.23. The first-order valence-corrected chi connectivity index (χ1v) is 4.31. The van der Waals surface area contributed by atoms with Gasteiger partial charge in [-0.05, 0) is 11.1 Å². The predicted molar refractivity (Wildman–Crippen MR) is 52.3 cm³/mol. The molecule has 0 bridgehead atoms. The fourth-order valence-electron chi connectivity index (χ4n) is 1.63. The van der Waals surface area contributed by atoms with Crippen LogP contribution in [0.3, 0.4) is 0 Å². The molecule has 1 aromatic rings. The SMILES string of the molecule is CNC(=O)C1C=Cc2ccccc21. The predicted octanol–water partition coefficient (Wildman–Crippen LogP) is 1.54. The number of carbonyl (C=O) groups excluding carboxylic acids is 1. The molecule has 0 aromatic heterocycles. The maximum absolute atomic E-state index is 11.4. The van der Waals surface area contributed by atoms with Crippen molar-refractivity contribution in [1.82, 2.24) is 5.32 Å². The van der Waals surface area contributed by atoms with E-state index in [1.54, 1.807) is 7.05 Å². The van der Waals surface area contributed by atoms with Crippen LogP contribution in [0.1, 0.15) is 17.0 Å². The molecule has 0 aliphatic heterocycles. The maximum atomic E-state index is 11.4. The first-order valence-electron chi connectivity index (χ1n) is 4.31. The molecular formula is C11H11NO. The Bertz CT molecular complexity index is 368. The number of hydrogen-bond acceptors (Lipinski definition) is 1. The minimum Gasteiger partial charge on any atom is -0.358 e. The van der Waals surface area contributed by atoms with Crippen LogP contribution in [-0.4, -0.2) is 13.0 Å². The highest BCUT2D eigenvalue weighted by molar-refractivity contribution is 5.90. The van der Waals surface area contributed by atoms with E-state index in [0.29, 0.717) is 0 Å². The van der Waals surface area contributed by atoms with Crippen LogP contribution in [0.2, 0.25) is 0 Å². The number of benzene rings is 1. The molecule has 13 heavy (non-hydrogen) atoms. The van der Waals surface area contributed by atoms with Gasteiger partial charge in [0, 0.05) is 7.05 Å². The van der Waals surface area contributed by atoms with E-state index < -0.39 is 0 Å². The summed E-state index contributed by atoms with van der Waals surface area (Å²) in [5.41, 5.74) is 2.25. The summed E-state index contributed by atoms with van der Waals surface area (Å²) in [6.45, 7) is 0. The molecule has 1 N–H and O–H groups in total. The fraction of sp³-hybridized carbons (Fsp3) is 0.182. The Hall–Kier alpha value is -1.57. The van der Waals surface area contributed by atoms with Crippen LogP contribution in [0, 0.1) is 0 Å². The van der Waals surface area contributed by atoms with Crippen molar-refractivity contribution in [3.8, 4) is 0 Å². The van der Waals surface area contributed by atoms with Crippen molar-refractivity contribution in [3.63, 3.8) is 0 Å². The van der Waals surface area contributed by atoms with Gasteiger partial charge in [0.25, 0.3) is 0 Å². The summed E-state index contributed by atoms with van der Waals surface area (Å²) in [6, 6.07) is 7.96. The monoisotopic (exact) mass is 173 g/mol. The average Bonchev–Trinajstić information content (AvgIpc) is 2.60. The first kappa shape index (κ1) is 8.05. The highest BCUT2D eigenvalue weighted by Gasteiger charge is 2.22. The second kappa shape index (κ2) is 3.05. The normalized spacial score (nSPS) is 18.4. The summed E-state index contributed by atoms with van der Waals surface area (Å²) in [6.07, 6.45) is 3.93. The molecule has 1 aromatic carbocycles. The summed E-state index contributed by atoms with van der Waals surface area (Å²) in [7, 11) is 1.66. The van der Waals surface area contributed by atoms with Crippen LogP contribution in [0.25, 0.3) is 6.08 Å². The molecule has 0 spiro atoms. The Balaban J connectivity index is 2.38. The molecule has 2 nitrogen and oxygen atoms in total. The number of rotatable bonds is 1. The van der Waals surface area contributed by atoms with Crippen molar-refractivity contribution < 1.29 is 4.79 Å². The summed E-state index contributed by atoms with van der Waals surface area (Å²) in [5, 5.41) is 2.66. The van der Waals surface area contributed by atoms with E-state index in [9.17, 15) is 4.79 Å². The van der Waals surface area contributed by atoms with Crippen molar-refractivity contribution in [3.05, 3.63) is 41.5 Å². The topological polar surface area (TPSA) is 29.1 Å². The van der Waals surface area contributed by atoms with Gasteiger partial charge in [-0.3, -0.25) is 4.79 Å². The van der Waals surface area contributed by atoms with Crippen LogP contribution in [0.5, 0.6) is 0 Å². The molecule has 2 rings (SSSR count). The van der Waals surface area contributed by atoms with E-state index >= 15 is 0 Å². The van der Waals surface area contributed by atoms with Gasteiger partial charge in [-0.2, -0.15) is 0 Å². The lowest BCUT2D eigenvalue weighted by atomic mass is 10.0. The number of fused-ring (bicyclic) bond motifs is 1.